The highest BCUT2D eigenvalue weighted by Crippen LogP contribution is 2.36. The molecule has 0 fully saturated rings. The van der Waals surface area contributed by atoms with Crippen molar-refractivity contribution in [2.24, 2.45) is 10.4 Å². The summed E-state index contributed by atoms with van der Waals surface area (Å²) in [5.41, 5.74) is 2.29. The second-order valence-electron chi connectivity index (χ2n) is 6.29. The quantitative estimate of drug-likeness (QED) is 0.776. The van der Waals surface area contributed by atoms with Gasteiger partial charge in [0, 0.05) is 0 Å². The molecule has 2 aliphatic rings. The lowest BCUT2D eigenvalue weighted by atomic mass is 9.88. The molecule has 1 amide bonds. The van der Waals surface area contributed by atoms with Crippen LogP contribution in [0.3, 0.4) is 0 Å². The van der Waals surface area contributed by atoms with Crippen LogP contribution >= 0.6 is 0 Å². The van der Waals surface area contributed by atoms with Crippen LogP contribution in [-0.4, -0.2) is 24.9 Å². The van der Waals surface area contributed by atoms with Crippen molar-refractivity contribution in [1.82, 2.24) is 0 Å². The lowest BCUT2D eigenvalue weighted by molar-refractivity contribution is -0.115. The van der Waals surface area contributed by atoms with Crippen LogP contribution in [0.1, 0.15) is 26.3 Å². The van der Waals surface area contributed by atoms with Gasteiger partial charge in [-0.2, -0.15) is 0 Å². The van der Waals surface area contributed by atoms with Gasteiger partial charge < -0.3 is 4.74 Å². The summed E-state index contributed by atoms with van der Waals surface area (Å²) in [6, 6.07) is 6.08. The minimum atomic E-state index is 0.0307. The Morgan fingerprint density at radius 3 is 2.89 bits per heavy atom. The van der Waals surface area contributed by atoms with E-state index in [0.717, 1.165) is 23.7 Å². The normalized spacial score (nSPS) is 17.7. The molecule has 19 heavy (non-hydrogen) atoms. The van der Waals surface area contributed by atoms with Crippen LogP contribution in [0.2, 0.25) is 0 Å². The number of amidine groups is 1. The van der Waals surface area contributed by atoms with Crippen LogP contribution < -0.4 is 9.64 Å². The number of aliphatic imine (C=N–C) groups is 1. The summed E-state index contributed by atoms with van der Waals surface area (Å²) in [6.45, 7) is 7.26. The van der Waals surface area contributed by atoms with Crippen molar-refractivity contribution >= 4 is 17.4 Å². The van der Waals surface area contributed by atoms with Gasteiger partial charge in [-0.3, -0.25) is 14.7 Å². The largest absolute Gasteiger partial charge is 0.483 e. The first kappa shape index (κ1) is 12.2. The zero-order chi connectivity index (χ0) is 13.6. The second kappa shape index (κ2) is 4.08. The van der Waals surface area contributed by atoms with Crippen molar-refractivity contribution in [3.63, 3.8) is 0 Å². The van der Waals surface area contributed by atoms with Crippen molar-refractivity contribution < 1.29 is 9.53 Å². The summed E-state index contributed by atoms with van der Waals surface area (Å²) in [6.07, 6.45) is 0.985. The van der Waals surface area contributed by atoms with Gasteiger partial charge in [0.15, 0.2) is 0 Å². The molecular formula is C15H18N2O2. The molecule has 0 saturated carbocycles. The summed E-state index contributed by atoms with van der Waals surface area (Å²) in [5, 5.41) is 0. The van der Waals surface area contributed by atoms with Crippen LogP contribution in [-0.2, 0) is 11.2 Å². The molecule has 0 atom stereocenters. The Kier molecular flexibility index (Phi) is 2.62. The van der Waals surface area contributed by atoms with Gasteiger partial charge in [-0.15, -0.1) is 0 Å². The molecule has 0 N–H and O–H groups in total. The average molecular weight is 258 g/mol. The first-order chi connectivity index (χ1) is 8.94. The highest BCUT2D eigenvalue weighted by Gasteiger charge is 2.33. The third kappa shape index (κ3) is 2.23. The number of hydrogen-bond donors (Lipinski definition) is 0. The number of amides is 1. The molecular weight excluding hydrogens is 240 g/mol. The Hall–Kier alpha value is -1.84. The predicted octanol–water partition coefficient (Wildman–Crippen LogP) is 2.41. The number of anilines is 1. The molecule has 0 aliphatic carbocycles. The SMILES string of the molecule is CC(C)(C)Cc1ccc2c(c1)OCC1=NCC(=O)N12. The molecule has 1 aromatic carbocycles. The molecule has 1 aromatic rings. The molecule has 100 valence electrons. The monoisotopic (exact) mass is 258 g/mol. The third-order valence-corrected chi connectivity index (χ3v) is 3.26. The minimum absolute atomic E-state index is 0.0307. The van der Waals surface area contributed by atoms with E-state index in [4.69, 9.17) is 4.74 Å². The maximum atomic E-state index is 11.8. The van der Waals surface area contributed by atoms with Gasteiger partial charge in [-0.05, 0) is 29.5 Å². The average Bonchev–Trinajstić information content (AvgIpc) is 2.69. The number of rotatable bonds is 1. The maximum Gasteiger partial charge on any atom is 0.254 e. The molecule has 0 saturated heterocycles. The summed E-state index contributed by atoms with van der Waals surface area (Å²) >= 11 is 0. The number of hydrogen-bond acceptors (Lipinski definition) is 3. The fraction of sp³-hybridized carbons (Fsp3) is 0.467. The van der Waals surface area contributed by atoms with Gasteiger partial charge in [-0.1, -0.05) is 26.8 Å². The number of nitrogens with zero attached hydrogens (tertiary/aromatic N) is 2. The van der Waals surface area contributed by atoms with Crippen LogP contribution in [0.15, 0.2) is 23.2 Å². The molecule has 3 rings (SSSR count). The summed E-state index contributed by atoms with van der Waals surface area (Å²) in [5.74, 6) is 1.54. The zero-order valence-corrected chi connectivity index (χ0v) is 11.6. The standard InChI is InChI=1S/C15H18N2O2/c1-15(2,3)7-10-4-5-11-12(6-10)19-9-13-16-8-14(18)17(11)13/h4-6H,7-9H2,1-3H3. The number of carbonyl (C=O) groups excluding carboxylic acids is 1. The third-order valence-electron chi connectivity index (χ3n) is 3.26. The molecule has 0 radical (unpaired) electrons. The van der Waals surface area contributed by atoms with E-state index in [1.807, 2.05) is 12.1 Å². The van der Waals surface area contributed by atoms with E-state index in [2.05, 4.69) is 31.8 Å². The van der Waals surface area contributed by atoms with Crippen molar-refractivity contribution in [3.8, 4) is 5.75 Å². The van der Waals surface area contributed by atoms with Crippen LogP contribution in [0, 0.1) is 5.41 Å². The van der Waals surface area contributed by atoms with E-state index in [-0.39, 0.29) is 17.9 Å². The Balaban J connectivity index is 1.95. The number of ether oxygens (including phenoxy) is 1. The summed E-state index contributed by atoms with van der Waals surface area (Å²) in [4.78, 5) is 17.7. The van der Waals surface area contributed by atoms with Gasteiger partial charge in [0.05, 0.1) is 5.69 Å². The van der Waals surface area contributed by atoms with Gasteiger partial charge in [-0.25, -0.2) is 0 Å². The Morgan fingerprint density at radius 1 is 1.37 bits per heavy atom. The molecule has 2 heterocycles. The molecule has 4 heteroatoms. The van der Waals surface area contributed by atoms with Crippen LogP contribution in [0.4, 0.5) is 5.69 Å². The molecule has 4 nitrogen and oxygen atoms in total. The minimum Gasteiger partial charge on any atom is -0.483 e. The smallest absolute Gasteiger partial charge is 0.254 e. The van der Waals surface area contributed by atoms with E-state index in [1.54, 1.807) is 4.90 Å². The lowest BCUT2D eigenvalue weighted by Gasteiger charge is -2.28. The van der Waals surface area contributed by atoms with Crippen LogP contribution in [0.25, 0.3) is 0 Å². The number of benzene rings is 1. The molecule has 2 aliphatic heterocycles. The van der Waals surface area contributed by atoms with Crippen molar-refractivity contribution in [3.05, 3.63) is 23.8 Å². The second-order valence-corrected chi connectivity index (χ2v) is 6.29. The topological polar surface area (TPSA) is 41.9 Å². The van der Waals surface area contributed by atoms with Gasteiger partial charge >= 0.3 is 0 Å². The first-order valence-electron chi connectivity index (χ1n) is 6.56. The van der Waals surface area contributed by atoms with E-state index in [9.17, 15) is 4.79 Å². The summed E-state index contributed by atoms with van der Waals surface area (Å²) < 4.78 is 5.72. The van der Waals surface area contributed by atoms with Gasteiger partial charge in [0.25, 0.3) is 5.91 Å². The van der Waals surface area contributed by atoms with Gasteiger partial charge in [0.2, 0.25) is 0 Å². The molecule has 0 spiro atoms. The fourth-order valence-corrected chi connectivity index (χ4v) is 2.55. The fourth-order valence-electron chi connectivity index (χ4n) is 2.55. The van der Waals surface area contributed by atoms with Crippen molar-refractivity contribution in [2.75, 3.05) is 18.1 Å². The lowest BCUT2D eigenvalue weighted by Crippen LogP contribution is -2.39. The molecule has 0 bridgehead atoms. The highest BCUT2D eigenvalue weighted by molar-refractivity contribution is 6.23. The highest BCUT2D eigenvalue weighted by atomic mass is 16.5. The number of fused-ring (bicyclic) bond motifs is 3. The van der Waals surface area contributed by atoms with Gasteiger partial charge in [0.1, 0.15) is 24.7 Å². The maximum absolute atomic E-state index is 11.8. The Labute approximate surface area is 113 Å². The predicted molar refractivity (Wildman–Crippen MR) is 74.9 cm³/mol. The van der Waals surface area contributed by atoms with Crippen molar-refractivity contribution in [1.29, 1.82) is 0 Å². The van der Waals surface area contributed by atoms with E-state index in [1.165, 1.54) is 5.56 Å². The number of carbonyl (C=O) groups is 1. The first-order valence-corrected chi connectivity index (χ1v) is 6.56. The van der Waals surface area contributed by atoms with Crippen LogP contribution in [0.5, 0.6) is 5.75 Å². The van der Waals surface area contributed by atoms with E-state index in [0.29, 0.717) is 6.61 Å². The zero-order valence-electron chi connectivity index (χ0n) is 11.6. The molecule has 0 aromatic heterocycles. The van der Waals surface area contributed by atoms with E-state index < -0.39 is 0 Å². The van der Waals surface area contributed by atoms with E-state index >= 15 is 0 Å². The molecule has 0 unspecified atom stereocenters. The summed E-state index contributed by atoms with van der Waals surface area (Å²) in [7, 11) is 0. The van der Waals surface area contributed by atoms with Crippen molar-refractivity contribution in [2.45, 2.75) is 27.2 Å². The Bertz CT molecular complexity index is 570. The Morgan fingerprint density at radius 2 is 2.16 bits per heavy atom.